The normalized spacial score (nSPS) is 16.2. The second-order valence-electron chi connectivity index (χ2n) is 7.99. The van der Waals surface area contributed by atoms with Crippen LogP contribution in [-0.2, 0) is 5.41 Å². The van der Waals surface area contributed by atoms with Gasteiger partial charge in [0.15, 0.2) is 0 Å². The number of thiophene rings is 1. The van der Waals surface area contributed by atoms with Gasteiger partial charge in [-0.3, -0.25) is 4.79 Å². The molecule has 1 unspecified atom stereocenters. The summed E-state index contributed by atoms with van der Waals surface area (Å²) in [6.45, 7) is 2.41. The number of nitrogens with one attached hydrogen (secondary N) is 1. The van der Waals surface area contributed by atoms with Gasteiger partial charge in [-0.15, -0.1) is 11.3 Å². The van der Waals surface area contributed by atoms with Crippen molar-refractivity contribution in [2.75, 3.05) is 6.54 Å². The molecule has 156 valence electrons. The third kappa shape index (κ3) is 4.58. The lowest BCUT2D eigenvalue weighted by Gasteiger charge is -2.28. The summed E-state index contributed by atoms with van der Waals surface area (Å²) in [5, 5.41) is 13.0. The number of carbonyl (C=O) groups excluding carboxylic acids is 1. The highest BCUT2D eigenvalue weighted by Crippen LogP contribution is 2.44. The molecule has 0 saturated heterocycles. The van der Waals surface area contributed by atoms with Gasteiger partial charge in [0.05, 0.1) is 6.10 Å². The van der Waals surface area contributed by atoms with Crippen LogP contribution in [0.3, 0.4) is 0 Å². The van der Waals surface area contributed by atoms with Gasteiger partial charge in [-0.1, -0.05) is 31.0 Å². The predicted octanol–water partition coefficient (Wildman–Crippen LogP) is 5.84. The SMILES string of the molecule is CC(O)c1ccc(C2(CNC(=O)c3ccc(Oc4ccccc4)cc3)CCCC2)s1. The first-order chi connectivity index (χ1) is 14.6. The Morgan fingerprint density at radius 1 is 1.03 bits per heavy atom. The smallest absolute Gasteiger partial charge is 0.251 e. The third-order valence-electron chi connectivity index (χ3n) is 5.80. The minimum absolute atomic E-state index is 0.0240. The van der Waals surface area contributed by atoms with E-state index in [2.05, 4.69) is 11.4 Å². The lowest BCUT2D eigenvalue weighted by molar-refractivity contribution is 0.0943. The lowest BCUT2D eigenvalue weighted by atomic mass is 9.84. The van der Waals surface area contributed by atoms with E-state index in [0.29, 0.717) is 17.9 Å². The van der Waals surface area contributed by atoms with Gasteiger partial charge in [0.2, 0.25) is 0 Å². The largest absolute Gasteiger partial charge is 0.457 e. The van der Waals surface area contributed by atoms with Crippen LogP contribution in [0.4, 0.5) is 0 Å². The van der Waals surface area contributed by atoms with Crippen molar-refractivity contribution < 1.29 is 14.6 Å². The minimum atomic E-state index is -0.451. The van der Waals surface area contributed by atoms with Crippen molar-refractivity contribution in [3.8, 4) is 11.5 Å². The van der Waals surface area contributed by atoms with Gasteiger partial charge in [0.25, 0.3) is 5.91 Å². The highest BCUT2D eigenvalue weighted by Gasteiger charge is 2.37. The number of rotatable bonds is 7. The Labute approximate surface area is 181 Å². The van der Waals surface area contributed by atoms with Crippen molar-refractivity contribution in [3.05, 3.63) is 82.0 Å². The summed E-state index contributed by atoms with van der Waals surface area (Å²) in [6, 6.07) is 21.0. The quantitative estimate of drug-likeness (QED) is 0.504. The van der Waals surface area contributed by atoms with E-state index in [4.69, 9.17) is 4.74 Å². The molecule has 1 aromatic heterocycles. The summed E-state index contributed by atoms with van der Waals surface area (Å²) in [5.74, 6) is 1.40. The molecule has 1 aliphatic carbocycles. The first-order valence-electron chi connectivity index (χ1n) is 10.5. The Hall–Kier alpha value is -2.63. The Kier molecular flexibility index (Phi) is 6.21. The van der Waals surface area contributed by atoms with Crippen molar-refractivity contribution in [3.63, 3.8) is 0 Å². The number of aliphatic hydroxyl groups excluding tert-OH is 1. The number of aliphatic hydroxyl groups is 1. The zero-order valence-corrected chi connectivity index (χ0v) is 18.0. The van der Waals surface area contributed by atoms with Crippen LogP contribution >= 0.6 is 11.3 Å². The average molecular weight is 422 g/mol. The molecule has 1 saturated carbocycles. The van der Waals surface area contributed by atoms with E-state index >= 15 is 0 Å². The minimum Gasteiger partial charge on any atom is -0.457 e. The van der Waals surface area contributed by atoms with Gasteiger partial charge in [0.1, 0.15) is 11.5 Å². The molecule has 5 heteroatoms. The number of hydrogen-bond acceptors (Lipinski definition) is 4. The fraction of sp³-hybridized carbons (Fsp3) is 0.320. The van der Waals surface area contributed by atoms with Gasteiger partial charge in [-0.25, -0.2) is 0 Å². The number of hydrogen-bond donors (Lipinski definition) is 2. The molecule has 4 rings (SSSR count). The molecule has 4 nitrogen and oxygen atoms in total. The van der Waals surface area contributed by atoms with Crippen LogP contribution < -0.4 is 10.1 Å². The van der Waals surface area contributed by atoms with Crippen molar-refractivity contribution >= 4 is 17.2 Å². The number of ether oxygens (including phenoxy) is 1. The van der Waals surface area contributed by atoms with Crippen LogP contribution in [0.25, 0.3) is 0 Å². The molecule has 3 aromatic rings. The van der Waals surface area contributed by atoms with E-state index in [1.165, 1.54) is 17.7 Å². The van der Waals surface area contributed by atoms with E-state index in [1.807, 2.05) is 48.5 Å². The summed E-state index contributed by atoms with van der Waals surface area (Å²) in [7, 11) is 0. The molecule has 30 heavy (non-hydrogen) atoms. The zero-order chi connectivity index (χ0) is 21.0. The van der Waals surface area contributed by atoms with Gasteiger partial charge in [-0.2, -0.15) is 0 Å². The summed E-state index contributed by atoms with van der Waals surface area (Å²) in [4.78, 5) is 15.0. The number of para-hydroxylation sites is 1. The van der Waals surface area contributed by atoms with E-state index < -0.39 is 6.10 Å². The van der Waals surface area contributed by atoms with Gasteiger partial charge in [0, 0.05) is 27.3 Å². The summed E-state index contributed by atoms with van der Waals surface area (Å²) >= 11 is 1.67. The van der Waals surface area contributed by atoms with Crippen molar-refractivity contribution in [1.29, 1.82) is 0 Å². The maximum atomic E-state index is 12.8. The summed E-state index contributed by atoms with van der Waals surface area (Å²) in [6.07, 6.45) is 4.02. The molecule has 0 radical (unpaired) electrons. The van der Waals surface area contributed by atoms with Crippen LogP contribution in [0.1, 0.15) is 58.8 Å². The van der Waals surface area contributed by atoms with Gasteiger partial charge < -0.3 is 15.2 Å². The lowest BCUT2D eigenvalue weighted by Crippen LogP contribution is -2.38. The standard InChI is InChI=1S/C25H27NO3S/c1-18(27)22-13-14-23(30-22)25(15-5-6-16-25)17-26-24(28)19-9-11-21(12-10-19)29-20-7-3-2-4-8-20/h2-4,7-14,18,27H,5-6,15-17H2,1H3,(H,26,28). The predicted molar refractivity (Wildman–Crippen MR) is 120 cm³/mol. The van der Waals surface area contributed by atoms with Crippen LogP contribution in [0.2, 0.25) is 0 Å². The highest BCUT2D eigenvalue weighted by atomic mass is 32.1. The maximum Gasteiger partial charge on any atom is 0.251 e. The Balaban J connectivity index is 1.41. The summed E-state index contributed by atoms with van der Waals surface area (Å²) < 4.78 is 5.80. The van der Waals surface area contributed by atoms with E-state index in [1.54, 1.807) is 30.4 Å². The van der Waals surface area contributed by atoms with Crippen LogP contribution in [-0.4, -0.2) is 17.6 Å². The molecular formula is C25H27NO3S. The topological polar surface area (TPSA) is 58.6 Å². The monoisotopic (exact) mass is 421 g/mol. The second-order valence-corrected chi connectivity index (χ2v) is 9.10. The molecule has 0 spiro atoms. The van der Waals surface area contributed by atoms with Crippen LogP contribution in [0.5, 0.6) is 11.5 Å². The number of carbonyl (C=O) groups is 1. The zero-order valence-electron chi connectivity index (χ0n) is 17.1. The molecule has 1 amide bonds. The first-order valence-corrected chi connectivity index (χ1v) is 11.3. The van der Waals surface area contributed by atoms with Crippen LogP contribution in [0, 0.1) is 0 Å². The Morgan fingerprint density at radius 3 is 2.33 bits per heavy atom. The molecular weight excluding hydrogens is 394 g/mol. The molecule has 0 aliphatic heterocycles. The molecule has 0 bridgehead atoms. The molecule has 1 atom stereocenters. The van der Waals surface area contributed by atoms with Crippen LogP contribution in [0.15, 0.2) is 66.7 Å². The second kappa shape index (κ2) is 9.02. The maximum absolute atomic E-state index is 12.8. The molecule has 2 N–H and O–H groups in total. The average Bonchev–Trinajstić information content (AvgIpc) is 3.44. The fourth-order valence-corrected chi connectivity index (χ4v) is 5.26. The molecule has 1 fully saturated rings. The molecule has 2 aromatic carbocycles. The highest BCUT2D eigenvalue weighted by molar-refractivity contribution is 7.12. The summed E-state index contributed by atoms with van der Waals surface area (Å²) in [5.41, 5.74) is 0.600. The Bertz CT molecular complexity index is 973. The van der Waals surface area contributed by atoms with Crippen molar-refractivity contribution in [2.45, 2.75) is 44.1 Å². The van der Waals surface area contributed by atoms with Crippen molar-refractivity contribution in [2.24, 2.45) is 0 Å². The fourth-order valence-electron chi connectivity index (χ4n) is 4.07. The number of benzene rings is 2. The van der Waals surface area contributed by atoms with E-state index in [9.17, 15) is 9.90 Å². The molecule has 1 aliphatic rings. The Morgan fingerprint density at radius 2 is 1.70 bits per heavy atom. The molecule has 1 heterocycles. The first kappa shape index (κ1) is 20.6. The van der Waals surface area contributed by atoms with Crippen molar-refractivity contribution in [1.82, 2.24) is 5.32 Å². The number of amides is 1. The third-order valence-corrected chi connectivity index (χ3v) is 7.31. The van der Waals surface area contributed by atoms with Gasteiger partial charge in [-0.05, 0) is 68.3 Å². The van der Waals surface area contributed by atoms with E-state index in [-0.39, 0.29) is 11.3 Å². The van der Waals surface area contributed by atoms with E-state index in [0.717, 1.165) is 23.5 Å². The van der Waals surface area contributed by atoms with Gasteiger partial charge >= 0.3 is 0 Å².